The van der Waals surface area contributed by atoms with E-state index in [0.717, 1.165) is 0 Å². The maximum Gasteiger partial charge on any atom is 0.540 e. The van der Waals surface area contributed by atoms with Crippen molar-refractivity contribution < 1.29 is 24.8 Å². The van der Waals surface area contributed by atoms with Gasteiger partial charge in [-0.3, -0.25) is 0 Å². The Morgan fingerprint density at radius 2 is 2.29 bits per heavy atom. The molecule has 0 aliphatic carbocycles. The van der Waals surface area contributed by atoms with Crippen LogP contribution < -0.4 is 5.90 Å². The van der Waals surface area contributed by atoms with Crippen LogP contribution in [0.15, 0.2) is 0 Å². The van der Waals surface area contributed by atoms with Crippen LogP contribution in [-0.4, -0.2) is 11.3 Å². The highest BCUT2D eigenvalue weighted by Crippen LogP contribution is 1.74. The fraction of sp³-hybridized carbons (Fsp3) is 0. The van der Waals surface area contributed by atoms with Crippen molar-refractivity contribution in [3.05, 3.63) is 0 Å². The molecule has 0 amide bonds. The molecule has 0 atom stereocenters. The summed E-state index contributed by atoms with van der Waals surface area (Å²) >= 11 is 0. The Bertz CT molecular complexity index is 61.1. The van der Waals surface area contributed by atoms with Gasteiger partial charge in [-0.2, -0.15) is 5.90 Å². The first-order valence-corrected chi connectivity index (χ1v) is 1.20. The molecule has 6 heteroatoms. The van der Waals surface area contributed by atoms with E-state index in [1.165, 1.54) is 0 Å². The molecule has 0 heterocycles. The Morgan fingerprint density at radius 3 is 2.43 bits per heavy atom. The average Bonchev–Trinajstić information content (AvgIpc) is 1.61. The van der Waals surface area contributed by atoms with Crippen molar-refractivity contribution in [1.82, 2.24) is 0 Å². The lowest BCUT2D eigenvalue weighted by Gasteiger charge is -1.88. The van der Waals surface area contributed by atoms with Crippen LogP contribution in [0.3, 0.4) is 0 Å². The summed E-state index contributed by atoms with van der Waals surface area (Å²) in [6.07, 6.45) is -1.62. The molecule has 0 aromatic heterocycles. The molecule has 0 saturated heterocycles. The third kappa shape index (κ3) is 5.15. The van der Waals surface area contributed by atoms with E-state index < -0.39 is 6.16 Å². The predicted molar refractivity (Wildman–Crippen MR) is 15.5 cm³/mol. The number of rotatable bonds is 2. The van der Waals surface area contributed by atoms with E-state index in [-0.39, 0.29) is 0 Å². The van der Waals surface area contributed by atoms with Crippen LogP contribution in [0.4, 0.5) is 4.79 Å². The fourth-order valence-corrected chi connectivity index (χ4v) is 0.0487. The number of carbonyl (C=O) groups is 1. The fourth-order valence-electron chi connectivity index (χ4n) is 0.0487. The standard InChI is InChI=1S/CH3NO5/c2-6-7-5-1(3)4/h2H2,(H,3,4). The highest BCUT2D eigenvalue weighted by atomic mass is 17.5. The third-order valence-electron chi connectivity index (χ3n) is 0.145. The normalized spacial score (nSPS) is 8.14. The number of hydrogen-bond acceptors (Lipinski definition) is 5. The summed E-state index contributed by atoms with van der Waals surface area (Å²) in [4.78, 5) is 15.8. The van der Waals surface area contributed by atoms with E-state index in [0.29, 0.717) is 0 Å². The van der Waals surface area contributed by atoms with Crippen molar-refractivity contribution in [1.29, 1.82) is 0 Å². The summed E-state index contributed by atoms with van der Waals surface area (Å²) in [6, 6.07) is 0. The van der Waals surface area contributed by atoms with Gasteiger partial charge in [-0.1, -0.05) is 0 Å². The molecule has 0 saturated carbocycles. The van der Waals surface area contributed by atoms with Crippen LogP contribution in [0, 0.1) is 0 Å². The topological polar surface area (TPSA) is 91.0 Å². The SMILES string of the molecule is NOOOC(=O)O. The molecule has 0 spiro atoms. The van der Waals surface area contributed by atoms with Crippen LogP contribution in [0.1, 0.15) is 0 Å². The molecule has 0 aliphatic rings. The lowest BCUT2D eigenvalue weighted by Crippen LogP contribution is -2.05. The zero-order chi connectivity index (χ0) is 5.70. The van der Waals surface area contributed by atoms with Gasteiger partial charge in [0, 0.05) is 5.04 Å². The average molecular weight is 109 g/mol. The van der Waals surface area contributed by atoms with Gasteiger partial charge in [0.15, 0.2) is 0 Å². The lowest BCUT2D eigenvalue weighted by molar-refractivity contribution is -0.489. The molecule has 42 valence electrons. The van der Waals surface area contributed by atoms with Crippen molar-refractivity contribution in [2.75, 3.05) is 0 Å². The van der Waals surface area contributed by atoms with Gasteiger partial charge in [0.2, 0.25) is 0 Å². The second kappa shape index (κ2) is 3.34. The summed E-state index contributed by atoms with van der Waals surface area (Å²) in [5, 5.41) is 10.8. The Morgan fingerprint density at radius 1 is 1.71 bits per heavy atom. The van der Waals surface area contributed by atoms with E-state index >= 15 is 0 Å². The largest absolute Gasteiger partial charge is 0.540 e. The van der Waals surface area contributed by atoms with Crippen molar-refractivity contribution in [2.24, 2.45) is 5.90 Å². The number of nitrogens with two attached hydrogens (primary N) is 1. The highest BCUT2D eigenvalue weighted by molar-refractivity contribution is 5.55. The van der Waals surface area contributed by atoms with Crippen molar-refractivity contribution in [2.45, 2.75) is 0 Å². The number of carboxylic acid groups (broad SMARTS) is 1. The van der Waals surface area contributed by atoms with Gasteiger partial charge in [0.1, 0.15) is 0 Å². The third-order valence-corrected chi connectivity index (χ3v) is 0.145. The van der Waals surface area contributed by atoms with Crippen LogP contribution >= 0.6 is 0 Å². The zero-order valence-corrected chi connectivity index (χ0v) is 3.16. The maximum absolute atomic E-state index is 9.28. The molecule has 0 bridgehead atoms. The van der Waals surface area contributed by atoms with Gasteiger partial charge < -0.3 is 5.11 Å². The molecule has 0 unspecified atom stereocenters. The minimum atomic E-state index is -1.62. The monoisotopic (exact) mass is 109 g/mol. The first-order chi connectivity index (χ1) is 3.27. The lowest BCUT2D eigenvalue weighted by atomic mass is 11.4. The molecule has 3 N–H and O–H groups in total. The Kier molecular flexibility index (Phi) is 2.94. The first-order valence-electron chi connectivity index (χ1n) is 1.20. The Labute approximate surface area is 38.2 Å². The van der Waals surface area contributed by atoms with Crippen molar-refractivity contribution in [3.8, 4) is 0 Å². The van der Waals surface area contributed by atoms with Crippen LogP contribution in [-0.2, 0) is 14.9 Å². The molecule has 0 aromatic carbocycles. The molecule has 0 aliphatic heterocycles. The molecular formula is CH3NO5. The van der Waals surface area contributed by atoms with Gasteiger partial charge in [-0.15, -0.1) is 4.99 Å². The van der Waals surface area contributed by atoms with Gasteiger partial charge >= 0.3 is 6.16 Å². The second-order valence-corrected chi connectivity index (χ2v) is 0.514. The molecule has 0 aromatic rings. The molecule has 6 nitrogen and oxygen atoms in total. The summed E-state index contributed by atoms with van der Waals surface area (Å²) in [5.74, 6) is 4.17. The minimum absolute atomic E-state index is 1.62. The Hall–Kier alpha value is -0.850. The zero-order valence-electron chi connectivity index (χ0n) is 3.16. The number of hydrogen-bond donors (Lipinski definition) is 2. The first kappa shape index (κ1) is 6.15. The summed E-state index contributed by atoms with van der Waals surface area (Å²) in [6.45, 7) is 0. The van der Waals surface area contributed by atoms with E-state index in [1.807, 2.05) is 0 Å². The van der Waals surface area contributed by atoms with Gasteiger partial charge in [0.05, 0.1) is 0 Å². The smallest absolute Gasteiger partial charge is 0.448 e. The van der Waals surface area contributed by atoms with E-state index in [1.54, 1.807) is 0 Å². The Balaban J connectivity index is 2.82. The van der Waals surface area contributed by atoms with E-state index in [4.69, 9.17) is 5.11 Å². The molecular weight excluding hydrogens is 106 g/mol. The second-order valence-electron chi connectivity index (χ2n) is 0.514. The molecule has 0 rings (SSSR count). The van der Waals surface area contributed by atoms with Gasteiger partial charge in [-0.05, 0) is 0 Å². The van der Waals surface area contributed by atoms with Crippen LogP contribution in [0.25, 0.3) is 0 Å². The maximum atomic E-state index is 9.28. The molecule has 0 radical (unpaired) electrons. The van der Waals surface area contributed by atoms with Gasteiger partial charge in [-0.25, -0.2) is 9.68 Å². The molecule has 0 fully saturated rings. The van der Waals surface area contributed by atoms with E-state index in [9.17, 15) is 4.79 Å². The van der Waals surface area contributed by atoms with Crippen molar-refractivity contribution >= 4 is 6.16 Å². The van der Waals surface area contributed by atoms with Crippen molar-refractivity contribution in [3.63, 3.8) is 0 Å². The summed E-state index contributed by atoms with van der Waals surface area (Å²) < 4.78 is 0. The summed E-state index contributed by atoms with van der Waals surface area (Å²) in [5.41, 5.74) is 0. The van der Waals surface area contributed by atoms with E-state index in [2.05, 4.69) is 20.8 Å². The van der Waals surface area contributed by atoms with Gasteiger partial charge in [0.25, 0.3) is 0 Å². The van der Waals surface area contributed by atoms with Crippen LogP contribution in [0.2, 0.25) is 0 Å². The summed E-state index contributed by atoms with van der Waals surface area (Å²) in [7, 11) is 0. The van der Waals surface area contributed by atoms with Crippen LogP contribution in [0.5, 0.6) is 0 Å². The molecule has 7 heavy (non-hydrogen) atoms. The predicted octanol–water partition coefficient (Wildman–Crippen LogP) is -0.582. The highest BCUT2D eigenvalue weighted by Gasteiger charge is 1.93. The minimum Gasteiger partial charge on any atom is -0.448 e. The quantitative estimate of drug-likeness (QED) is 0.364.